The van der Waals surface area contributed by atoms with Crippen LogP contribution in [0.3, 0.4) is 0 Å². The number of aromatic nitrogens is 1. The van der Waals surface area contributed by atoms with Gasteiger partial charge >= 0.3 is 0 Å². The van der Waals surface area contributed by atoms with Gasteiger partial charge in [0.05, 0.1) is 11.9 Å². The highest BCUT2D eigenvalue weighted by Crippen LogP contribution is 2.16. The second kappa shape index (κ2) is 8.12. The van der Waals surface area contributed by atoms with Gasteiger partial charge in [-0.3, -0.25) is 4.79 Å². The standard InChI is InChI=1S/C20H26N4O/c1-3-23-11-13-24(14-12-23)20(25)19-10-9-18(15-21-19)22(2)16-17-7-5-4-6-8-17/h4-10,15H,3,11-14,16H2,1-2H3. The minimum absolute atomic E-state index is 0.0352. The van der Waals surface area contributed by atoms with Gasteiger partial charge in [0.2, 0.25) is 0 Å². The van der Waals surface area contributed by atoms with Crippen LogP contribution in [0.15, 0.2) is 48.7 Å². The Balaban J connectivity index is 1.61. The van der Waals surface area contributed by atoms with Gasteiger partial charge in [-0.2, -0.15) is 0 Å². The van der Waals surface area contributed by atoms with Crippen molar-refractivity contribution in [3.8, 4) is 0 Å². The van der Waals surface area contributed by atoms with Crippen molar-refractivity contribution in [2.45, 2.75) is 13.5 Å². The van der Waals surface area contributed by atoms with Crippen molar-refractivity contribution in [3.05, 3.63) is 59.9 Å². The predicted octanol–water partition coefficient (Wildman–Crippen LogP) is 2.50. The lowest BCUT2D eigenvalue weighted by atomic mass is 10.2. The molecule has 0 saturated carbocycles. The van der Waals surface area contributed by atoms with Crippen LogP contribution in [0.25, 0.3) is 0 Å². The van der Waals surface area contributed by atoms with Gasteiger partial charge in [0.25, 0.3) is 5.91 Å². The van der Waals surface area contributed by atoms with Crippen molar-refractivity contribution in [1.82, 2.24) is 14.8 Å². The van der Waals surface area contributed by atoms with Crippen LogP contribution in [0, 0.1) is 0 Å². The quantitative estimate of drug-likeness (QED) is 0.840. The first kappa shape index (κ1) is 17.4. The molecule has 0 spiro atoms. The molecule has 0 atom stereocenters. The zero-order chi connectivity index (χ0) is 17.6. The zero-order valence-corrected chi connectivity index (χ0v) is 15.1. The molecule has 5 heteroatoms. The zero-order valence-electron chi connectivity index (χ0n) is 15.1. The molecule has 1 amide bonds. The van der Waals surface area contributed by atoms with Gasteiger partial charge in [-0.15, -0.1) is 0 Å². The molecule has 0 radical (unpaired) electrons. The summed E-state index contributed by atoms with van der Waals surface area (Å²) in [5.41, 5.74) is 2.79. The van der Waals surface area contributed by atoms with Crippen LogP contribution < -0.4 is 4.90 Å². The lowest BCUT2D eigenvalue weighted by molar-refractivity contribution is 0.0637. The van der Waals surface area contributed by atoms with Gasteiger partial charge in [0, 0.05) is 39.8 Å². The van der Waals surface area contributed by atoms with E-state index in [-0.39, 0.29) is 5.91 Å². The summed E-state index contributed by atoms with van der Waals surface area (Å²) < 4.78 is 0. The Labute approximate surface area is 149 Å². The Hall–Kier alpha value is -2.40. The van der Waals surface area contributed by atoms with Crippen molar-refractivity contribution in [2.24, 2.45) is 0 Å². The van der Waals surface area contributed by atoms with Crippen LogP contribution in [0.5, 0.6) is 0 Å². The molecule has 132 valence electrons. The molecule has 1 saturated heterocycles. The van der Waals surface area contributed by atoms with E-state index in [9.17, 15) is 4.79 Å². The molecule has 1 aromatic carbocycles. The second-order valence-electron chi connectivity index (χ2n) is 6.47. The Bertz CT molecular complexity index is 679. The van der Waals surface area contributed by atoms with Crippen LogP contribution in [-0.4, -0.2) is 60.5 Å². The molecule has 5 nitrogen and oxygen atoms in total. The fraction of sp³-hybridized carbons (Fsp3) is 0.400. The van der Waals surface area contributed by atoms with Crippen LogP contribution in [-0.2, 0) is 6.54 Å². The first-order valence-corrected chi connectivity index (χ1v) is 8.90. The summed E-state index contributed by atoms with van der Waals surface area (Å²) in [4.78, 5) is 23.4. The SMILES string of the molecule is CCN1CCN(C(=O)c2ccc(N(C)Cc3ccccc3)cn2)CC1. The van der Waals surface area contributed by atoms with Crippen molar-refractivity contribution in [3.63, 3.8) is 0 Å². The number of nitrogens with zero attached hydrogens (tertiary/aromatic N) is 4. The fourth-order valence-corrected chi connectivity index (χ4v) is 3.12. The molecule has 1 aliphatic rings. The number of carbonyl (C=O) groups excluding carboxylic acids is 1. The van der Waals surface area contributed by atoms with Crippen LogP contribution >= 0.6 is 0 Å². The third kappa shape index (κ3) is 4.37. The minimum atomic E-state index is 0.0352. The Kier molecular flexibility index (Phi) is 5.66. The minimum Gasteiger partial charge on any atom is -0.369 e. The number of hydrogen-bond acceptors (Lipinski definition) is 4. The molecular weight excluding hydrogens is 312 g/mol. The highest BCUT2D eigenvalue weighted by molar-refractivity contribution is 5.92. The van der Waals surface area contributed by atoms with Gasteiger partial charge in [0.1, 0.15) is 5.69 Å². The van der Waals surface area contributed by atoms with E-state index in [0.29, 0.717) is 5.69 Å². The summed E-state index contributed by atoms with van der Waals surface area (Å²) in [5.74, 6) is 0.0352. The number of hydrogen-bond donors (Lipinski definition) is 0. The van der Waals surface area contributed by atoms with E-state index in [1.807, 2.05) is 42.3 Å². The van der Waals surface area contributed by atoms with Gasteiger partial charge in [-0.05, 0) is 24.2 Å². The third-order valence-corrected chi connectivity index (χ3v) is 4.78. The first-order chi connectivity index (χ1) is 12.2. The van der Waals surface area contributed by atoms with E-state index in [2.05, 4.69) is 33.8 Å². The largest absolute Gasteiger partial charge is 0.369 e. The number of anilines is 1. The summed E-state index contributed by atoms with van der Waals surface area (Å²) in [6, 6.07) is 14.1. The molecule has 1 aromatic heterocycles. The molecule has 2 aromatic rings. The van der Waals surface area contributed by atoms with Crippen LogP contribution in [0.4, 0.5) is 5.69 Å². The van der Waals surface area contributed by atoms with E-state index in [1.165, 1.54) is 5.56 Å². The smallest absolute Gasteiger partial charge is 0.272 e. The van der Waals surface area contributed by atoms with E-state index in [4.69, 9.17) is 0 Å². The van der Waals surface area contributed by atoms with Crippen LogP contribution in [0.1, 0.15) is 23.0 Å². The monoisotopic (exact) mass is 338 g/mol. The summed E-state index contributed by atoms with van der Waals surface area (Å²) in [6.45, 7) is 7.47. The normalized spacial score (nSPS) is 15.2. The van der Waals surface area contributed by atoms with Gasteiger partial charge < -0.3 is 14.7 Å². The summed E-state index contributed by atoms with van der Waals surface area (Å²) in [5, 5.41) is 0. The van der Waals surface area contributed by atoms with Gasteiger partial charge in [-0.1, -0.05) is 37.3 Å². The molecule has 0 bridgehead atoms. The molecule has 1 fully saturated rings. The first-order valence-electron chi connectivity index (χ1n) is 8.90. The number of pyridine rings is 1. The summed E-state index contributed by atoms with van der Waals surface area (Å²) >= 11 is 0. The Morgan fingerprint density at radius 2 is 1.80 bits per heavy atom. The maximum atomic E-state index is 12.6. The average molecular weight is 338 g/mol. The predicted molar refractivity (Wildman–Crippen MR) is 101 cm³/mol. The van der Waals surface area contributed by atoms with Gasteiger partial charge in [-0.25, -0.2) is 4.98 Å². The second-order valence-corrected chi connectivity index (χ2v) is 6.47. The number of rotatable bonds is 5. The molecule has 1 aliphatic heterocycles. The molecule has 0 unspecified atom stereocenters. The molecule has 2 heterocycles. The molecule has 0 N–H and O–H groups in total. The summed E-state index contributed by atoms with van der Waals surface area (Å²) in [7, 11) is 2.04. The van der Waals surface area contributed by atoms with E-state index in [0.717, 1.165) is 45.0 Å². The molecule has 25 heavy (non-hydrogen) atoms. The van der Waals surface area contributed by atoms with E-state index >= 15 is 0 Å². The van der Waals surface area contributed by atoms with E-state index in [1.54, 1.807) is 6.20 Å². The molecule has 3 rings (SSSR count). The number of likely N-dealkylation sites (N-methyl/N-ethyl adjacent to an activating group) is 1. The highest BCUT2D eigenvalue weighted by atomic mass is 16.2. The Morgan fingerprint density at radius 3 is 2.40 bits per heavy atom. The number of carbonyl (C=O) groups is 1. The average Bonchev–Trinajstić information content (AvgIpc) is 2.68. The number of benzene rings is 1. The molecular formula is C20H26N4O. The molecule has 0 aliphatic carbocycles. The fourth-order valence-electron chi connectivity index (χ4n) is 3.12. The van der Waals surface area contributed by atoms with Gasteiger partial charge in [0.15, 0.2) is 0 Å². The van der Waals surface area contributed by atoms with Crippen LogP contribution in [0.2, 0.25) is 0 Å². The number of amides is 1. The number of piperazine rings is 1. The third-order valence-electron chi connectivity index (χ3n) is 4.78. The highest BCUT2D eigenvalue weighted by Gasteiger charge is 2.22. The van der Waals surface area contributed by atoms with Crippen molar-refractivity contribution < 1.29 is 4.79 Å². The summed E-state index contributed by atoms with van der Waals surface area (Å²) in [6.07, 6.45) is 1.79. The maximum absolute atomic E-state index is 12.6. The lowest BCUT2D eigenvalue weighted by Gasteiger charge is -2.33. The Morgan fingerprint density at radius 1 is 1.08 bits per heavy atom. The van der Waals surface area contributed by atoms with Crippen molar-refractivity contribution in [1.29, 1.82) is 0 Å². The maximum Gasteiger partial charge on any atom is 0.272 e. The lowest BCUT2D eigenvalue weighted by Crippen LogP contribution is -2.48. The topological polar surface area (TPSA) is 39.7 Å². The van der Waals surface area contributed by atoms with E-state index < -0.39 is 0 Å². The van der Waals surface area contributed by atoms with Crippen molar-refractivity contribution >= 4 is 11.6 Å². The van der Waals surface area contributed by atoms with Crippen molar-refractivity contribution in [2.75, 3.05) is 44.7 Å².